The van der Waals surface area contributed by atoms with Crippen LogP contribution >= 0.6 is 0 Å². The molecular formula is C13H20F2N4. The summed E-state index contributed by atoms with van der Waals surface area (Å²) in [5, 5.41) is 5.88. The maximum absolute atomic E-state index is 13.8. The third-order valence-electron chi connectivity index (χ3n) is 2.88. The zero-order valence-electron chi connectivity index (χ0n) is 11.7. The Balaban J connectivity index is 2.95. The van der Waals surface area contributed by atoms with Crippen molar-refractivity contribution in [3.63, 3.8) is 0 Å². The van der Waals surface area contributed by atoms with Crippen molar-refractivity contribution >= 4 is 5.96 Å². The molecule has 0 aliphatic rings. The van der Waals surface area contributed by atoms with Gasteiger partial charge in [0.15, 0.2) is 5.96 Å². The van der Waals surface area contributed by atoms with Crippen molar-refractivity contribution in [3.8, 4) is 0 Å². The van der Waals surface area contributed by atoms with E-state index in [0.717, 1.165) is 0 Å². The van der Waals surface area contributed by atoms with Gasteiger partial charge in [0.2, 0.25) is 0 Å². The summed E-state index contributed by atoms with van der Waals surface area (Å²) in [6.45, 7) is 0.346. The first-order valence-electron chi connectivity index (χ1n) is 6.00. The van der Waals surface area contributed by atoms with E-state index in [-0.39, 0.29) is 5.56 Å². The second kappa shape index (κ2) is 7.04. The van der Waals surface area contributed by atoms with E-state index in [9.17, 15) is 8.78 Å². The predicted octanol–water partition coefficient (Wildman–Crippen LogP) is 1.36. The lowest BCUT2D eigenvalue weighted by molar-refractivity contribution is 0.282. The number of likely N-dealkylation sites (N-methyl/N-ethyl adjacent to an activating group) is 1. The lowest BCUT2D eigenvalue weighted by Crippen LogP contribution is -2.40. The maximum atomic E-state index is 13.8. The van der Waals surface area contributed by atoms with Crippen molar-refractivity contribution in [2.75, 3.05) is 34.7 Å². The van der Waals surface area contributed by atoms with Crippen LogP contribution in [0.5, 0.6) is 0 Å². The Hall–Kier alpha value is -1.69. The molecule has 0 saturated carbocycles. The molecule has 0 aliphatic carbocycles. The van der Waals surface area contributed by atoms with Gasteiger partial charge in [0, 0.05) is 26.2 Å². The summed E-state index contributed by atoms with van der Waals surface area (Å²) in [5.41, 5.74) is 0.0616. The molecule has 0 aliphatic heterocycles. The number of hydrogen-bond donors (Lipinski definition) is 2. The number of nitrogens with zero attached hydrogens (tertiary/aromatic N) is 2. The molecule has 19 heavy (non-hydrogen) atoms. The molecule has 4 nitrogen and oxygen atoms in total. The summed E-state index contributed by atoms with van der Waals surface area (Å²) in [7, 11) is 6.91. The largest absolute Gasteiger partial charge is 0.359 e. The van der Waals surface area contributed by atoms with Crippen molar-refractivity contribution < 1.29 is 8.78 Å². The molecule has 6 heteroatoms. The van der Waals surface area contributed by atoms with Crippen molar-refractivity contribution in [1.29, 1.82) is 0 Å². The smallest absolute Gasteiger partial charge is 0.190 e. The first-order valence-corrected chi connectivity index (χ1v) is 6.00. The minimum atomic E-state index is -0.542. The van der Waals surface area contributed by atoms with Crippen molar-refractivity contribution in [2.24, 2.45) is 4.99 Å². The maximum Gasteiger partial charge on any atom is 0.190 e. The highest BCUT2D eigenvalue weighted by Gasteiger charge is 2.22. The van der Waals surface area contributed by atoms with E-state index >= 15 is 0 Å². The van der Waals surface area contributed by atoms with Crippen LogP contribution in [0.15, 0.2) is 23.2 Å². The van der Waals surface area contributed by atoms with E-state index in [1.807, 2.05) is 0 Å². The summed E-state index contributed by atoms with van der Waals surface area (Å²) in [5.74, 6) is -0.511. The number of rotatable bonds is 4. The van der Waals surface area contributed by atoms with Gasteiger partial charge in [-0.05, 0) is 26.2 Å². The highest BCUT2D eigenvalue weighted by molar-refractivity contribution is 5.79. The minimum absolute atomic E-state index is 0.0616. The van der Waals surface area contributed by atoms with Crippen molar-refractivity contribution in [2.45, 2.75) is 6.04 Å². The zero-order chi connectivity index (χ0) is 14.4. The standard InChI is InChI=1S/C13H20F2N4/c1-16-13(17-2)18-8-11(19(3)4)12-9(14)6-5-7-10(12)15/h5-7,11H,8H2,1-4H3,(H2,16,17,18). The first-order chi connectivity index (χ1) is 9.01. The van der Waals surface area contributed by atoms with Crippen LogP contribution in [-0.2, 0) is 0 Å². The Morgan fingerprint density at radius 2 is 1.89 bits per heavy atom. The normalized spacial score (nSPS) is 13.5. The highest BCUT2D eigenvalue weighted by atomic mass is 19.1. The molecule has 2 N–H and O–H groups in total. The number of nitrogens with one attached hydrogen (secondary N) is 2. The molecule has 0 aromatic heterocycles. The van der Waals surface area contributed by atoms with Gasteiger partial charge in [0.1, 0.15) is 11.6 Å². The molecule has 0 radical (unpaired) electrons. The lowest BCUT2D eigenvalue weighted by Gasteiger charge is -2.26. The fraction of sp³-hybridized carbons (Fsp3) is 0.462. The summed E-state index contributed by atoms with van der Waals surface area (Å²) >= 11 is 0. The van der Waals surface area contributed by atoms with Gasteiger partial charge in [0.25, 0.3) is 0 Å². The third kappa shape index (κ3) is 3.89. The van der Waals surface area contributed by atoms with E-state index in [1.165, 1.54) is 18.2 Å². The van der Waals surface area contributed by atoms with E-state index in [1.54, 1.807) is 33.1 Å². The van der Waals surface area contributed by atoms with Gasteiger partial charge in [-0.1, -0.05) is 6.07 Å². The lowest BCUT2D eigenvalue weighted by atomic mass is 10.0. The molecule has 0 amide bonds. The Labute approximate surface area is 112 Å². The Kier molecular flexibility index (Phi) is 5.69. The van der Waals surface area contributed by atoms with Crippen LogP contribution < -0.4 is 10.6 Å². The quantitative estimate of drug-likeness (QED) is 0.641. The monoisotopic (exact) mass is 270 g/mol. The van der Waals surface area contributed by atoms with Crippen LogP contribution in [-0.4, -0.2) is 45.6 Å². The van der Waals surface area contributed by atoms with Gasteiger partial charge in [-0.3, -0.25) is 4.99 Å². The number of benzene rings is 1. The van der Waals surface area contributed by atoms with E-state index in [0.29, 0.717) is 12.5 Å². The average Bonchev–Trinajstić information content (AvgIpc) is 2.36. The fourth-order valence-corrected chi connectivity index (χ4v) is 1.84. The minimum Gasteiger partial charge on any atom is -0.359 e. The van der Waals surface area contributed by atoms with Crippen LogP contribution in [0.1, 0.15) is 11.6 Å². The van der Waals surface area contributed by atoms with Crippen molar-refractivity contribution in [3.05, 3.63) is 35.4 Å². The van der Waals surface area contributed by atoms with Gasteiger partial charge >= 0.3 is 0 Å². The van der Waals surface area contributed by atoms with E-state index in [2.05, 4.69) is 15.6 Å². The molecule has 0 fully saturated rings. The summed E-state index contributed by atoms with van der Waals surface area (Å²) in [6.07, 6.45) is 0. The highest BCUT2D eigenvalue weighted by Crippen LogP contribution is 2.23. The Morgan fingerprint density at radius 3 is 2.32 bits per heavy atom. The Morgan fingerprint density at radius 1 is 1.32 bits per heavy atom. The molecule has 0 bridgehead atoms. The molecule has 1 unspecified atom stereocenters. The SMILES string of the molecule is CN=C(NC)NCC(c1c(F)cccc1F)N(C)C. The molecule has 0 heterocycles. The molecule has 1 aromatic rings. The van der Waals surface area contributed by atoms with E-state index < -0.39 is 17.7 Å². The van der Waals surface area contributed by atoms with Crippen LogP contribution in [0.4, 0.5) is 8.78 Å². The molecule has 106 valence electrons. The number of hydrogen-bond acceptors (Lipinski definition) is 2. The molecule has 1 aromatic carbocycles. The summed E-state index contributed by atoms with van der Waals surface area (Å²) in [4.78, 5) is 5.73. The number of aliphatic imine (C=N–C) groups is 1. The van der Waals surface area contributed by atoms with Crippen LogP contribution in [0.2, 0.25) is 0 Å². The van der Waals surface area contributed by atoms with Gasteiger partial charge in [-0.2, -0.15) is 0 Å². The molecule has 1 atom stereocenters. The zero-order valence-corrected chi connectivity index (χ0v) is 11.7. The topological polar surface area (TPSA) is 39.7 Å². The second-order valence-corrected chi connectivity index (χ2v) is 4.32. The van der Waals surface area contributed by atoms with Crippen LogP contribution in [0.25, 0.3) is 0 Å². The summed E-state index contributed by atoms with van der Waals surface area (Å²) in [6, 6.07) is 3.47. The van der Waals surface area contributed by atoms with Crippen LogP contribution in [0.3, 0.4) is 0 Å². The van der Waals surface area contributed by atoms with Gasteiger partial charge in [-0.25, -0.2) is 8.78 Å². The second-order valence-electron chi connectivity index (χ2n) is 4.32. The third-order valence-corrected chi connectivity index (χ3v) is 2.88. The molecular weight excluding hydrogens is 250 g/mol. The van der Waals surface area contributed by atoms with Crippen molar-refractivity contribution in [1.82, 2.24) is 15.5 Å². The Bertz CT molecular complexity index is 426. The fourth-order valence-electron chi connectivity index (χ4n) is 1.84. The predicted molar refractivity (Wildman–Crippen MR) is 73.2 cm³/mol. The number of halogens is 2. The molecule has 0 spiro atoms. The van der Waals surface area contributed by atoms with Gasteiger partial charge < -0.3 is 15.5 Å². The average molecular weight is 270 g/mol. The van der Waals surface area contributed by atoms with Gasteiger partial charge in [-0.15, -0.1) is 0 Å². The summed E-state index contributed by atoms with van der Waals surface area (Å²) < 4.78 is 27.6. The number of guanidine groups is 1. The molecule has 0 saturated heterocycles. The van der Waals surface area contributed by atoms with Crippen LogP contribution in [0, 0.1) is 11.6 Å². The van der Waals surface area contributed by atoms with Gasteiger partial charge in [0.05, 0.1) is 6.04 Å². The molecule has 1 rings (SSSR count). The first kappa shape index (κ1) is 15.4. The van der Waals surface area contributed by atoms with E-state index in [4.69, 9.17) is 0 Å².